The number of aromatic nitrogens is 1. The number of nitrogens with zero attached hydrogens (tertiary/aromatic N) is 1. The summed E-state index contributed by atoms with van der Waals surface area (Å²) in [5.41, 5.74) is 9.69. The second-order valence-corrected chi connectivity index (χ2v) is 4.80. The molecule has 0 radical (unpaired) electrons. The van der Waals surface area contributed by atoms with Gasteiger partial charge >= 0.3 is 0 Å². The van der Waals surface area contributed by atoms with E-state index in [9.17, 15) is 0 Å². The molecule has 0 saturated carbocycles. The Kier molecular flexibility index (Phi) is 2.46. The fourth-order valence-electron chi connectivity index (χ4n) is 1.95. The van der Waals surface area contributed by atoms with Gasteiger partial charge in [0, 0.05) is 22.9 Å². The van der Waals surface area contributed by atoms with Crippen molar-refractivity contribution in [1.82, 2.24) is 4.98 Å². The molecule has 2 N–H and O–H groups in total. The summed E-state index contributed by atoms with van der Waals surface area (Å²) in [5, 5.41) is 4.15. The normalized spacial score (nSPS) is 11.2. The maximum Gasteiger partial charge on any atom is 0.134 e. The minimum Gasteiger partial charge on any atom is -0.464 e. The van der Waals surface area contributed by atoms with Crippen LogP contribution in [-0.2, 0) is 6.54 Å². The van der Waals surface area contributed by atoms with Crippen LogP contribution in [0.3, 0.4) is 0 Å². The number of furan rings is 1. The molecular weight excluding hydrogens is 232 g/mol. The van der Waals surface area contributed by atoms with E-state index in [0.717, 1.165) is 32.8 Å². The van der Waals surface area contributed by atoms with Gasteiger partial charge in [-0.3, -0.25) is 0 Å². The minimum absolute atomic E-state index is 0.483. The predicted octanol–water partition coefficient (Wildman–Crippen LogP) is 3.32. The first-order valence-electron chi connectivity index (χ1n) is 5.41. The summed E-state index contributed by atoms with van der Waals surface area (Å²) in [6.45, 7) is 2.53. The molecule has 0 unspecified atom stereocenters. The third-order valence-electron chi connectivity index (χ3n) is 2.77. The summed E-state index contributed by atoms with van der Waals surface area (Å²) in [5.74, 6) is 0. The molecule has 4 heteroatoms. The van der Waals surface area contributed by atoms with Gasteiger partial charge in [0.1, 0.15) is 10.6 Å². The molecule has 0 spiro atoms. The van der Waals surface area contributed by atoms with Crippen molar-refractivity contribution in [2.24, 2.45) is 5.73 Å². The van der Waals surface area contributed by atoms with Crippen LogP contribution < -0.4 is 5.73 Å². The Bertz CT molecular complexity index is 669. The standard InChI is InChI=1S/C13H12N2OS/c1-8-6-16-11-4-2-3-10(12(8)11)13-15-9(5-14)7-17-13/h2-4,6-7H,5,14H2,1H3. The molecule has 0 aliphatic carbocycles. The molecule has 0 bridgehead atoms. The SMILES string of the molecule is Cc1coc2cccc(-c3nc(CN)cs3)c12. The average Bonchev–Trinajstić information content (AvgIpc) is 2.96. The third kappa shape index (κ3) is 1.66. The quantitative estimate of drug-likeness (QED) is 0.752. The number of fused-ring (bicyclic) bond motifs is 1. The number of hydrogen-bond donors (Lipinski definition) is 1. The third-order valence-corrected chi connectivity index (χ3v) is 3.70. The van der Waals surface area contributed by atoms with Crippen LogP contribution in [0.15, 0.2) is 34.3 Å². The number of benzene rings is 1. The number of hydrogen-bond acceptors (Lipinski definition) is 4. The van der Waals surface area contributed by atoms with Crippen molar-refractivity contribution in [1.29, 1.82) is 0 Å². The first kappa shape index (κ1) is 10.5. The number of thiazole rings is 1. The molecule has 3 rings (SSSR count). The topological polar surface area (TPSA) is 52.0 Å². The zero-order valence-electron chi connectivity index (χ0n) is 9.43. The maximum absolute atomic E-state index is 5.59. The summed E-state index contributed by atoms with van der Waals surface area (Å²) in [4.78, 5) is 4.52. The lowest BCUT2D eigenvalue weighted by molar-refractivity contribution is 0.613. The molecule has 0 atom stereocenters. The molecule has 3 nitrogen and oxygen atoms in total. The molecule has 86 valence electrons. The summed E-state index contributed by atoms with van der Waals surface area (Å²) in [7, 11) is 0. The molecule has 3 aromatic rings. The van der Waals surface area contributed by atoms with E-state index in [1.165, 1.54) is 0 Å². The van der Waals surface area contributed by atoms with Gasteiger partial charge in [0.15, 0.2) is 0 Å². The van der Waals surface area contributed by atoms with Crippen molar-refractivity contribution < 1.29 is 4.42 Å². The molecule has 0 fully saturated rings. The van der Waals surface area contributed by atoms with Gasteiger partial charge in [0.25, 0.3) is 0 Å². The van der Waals surface area contributed by atoms with Gasteiger partial charge < -0.3 is 10.2 Å². The summed E-state index contributed by atoms with van der Waals surface area (Å²) < 4.78 is 5.50. The molecule has 2 aromatic heterocycles. The second-order valence-electron chi connectivity index (χ2n) is 3.95. The highest BCUT2D eigenvalue weighted by Gasteiger charge is 2.11. The predicted molar refractivity (Wildman–Crippen MR) is 70.0 cm³/mol. The molecule has 0 saturated heterocycles. The van der Waals surface area contributed by atoms with E-state index in [4.69, 9.17) is 10.2 Å². The minimum atomic E-state index is 0.483. The summed E-state index contributed by atoms with van der Waals surface area (Å²) in [6, 6.07) is 6.04. The Morgan fingerprint density at radius 1 is 1.41 bits per heavy atom. The van der Waals surface area contributed by atoms with Gasteiger partial charge in [-0.25, -0.2) is 4.98 Å². The summed E-state index contributed by atoms with van der Waals surface area (Å²) in [6.07, 6.45) is 1.78. The van der Waals surface area contributed by atoms with E-state index >= 15 is 0 Å². The molecule has 2 heterocycles. The van der Waals surface area contributed by atoms with E-state index in [0.29, 0.717) is 6.54 Å². The van der Waals surface area contributed by atoms with E-state index in [1.54, 1.807) is 17.6 Å². The van der Waals surface area contributed by atoms with Crippen molar-refractivity contribution in [2.45, 2.75) is 13.5 Å². The van der Waals surface area contributed by atoms with Gasteiger partial charge in [-0.1, -0.05) is 12.1 Å². The van der Waals surface area contributed by atoms with Gasteiger partial charge in [0.05, 0.1) is 12.0 Å². The van der Waals surface area contributed by atoms with Crippen molar-refractivity contribution in [3.63, 3.8) is 0 Å². The van der Waals surface area contributed by atoms with Crippen LogP contribution in [0.25, 0.3) is 21.5 Å². The number of rotatable bonds is 2. The maximum atomic E-state index is 5.59. The zero-order valence-corrected chi connectivity index (χ0v) is 10.3. The van der Waals surface area contributed by atoms with E-state index in [-0.39, 0.29) is 0 Å². The van der Waals surface area contributed by atoms with Gasteiger partial charge in [0.2, 0.25) is 0 Å². The smallest absolute Gasteiger partial charge is 0.134 e. The Hall–Kier alpha value is -1.65. The van der Waals surface area contributed by atoms with E-state index in [2.05, 4.69) is 11.1 Å². The highest BCUT2D eigenvalue weighted by Crippen LogP contribution is 2.33. The van der Waals surface area contributed by atoms with Crippen LogP contribution in [-0.4, -0.2) is 4.98 Å². The van der Waals surface area contributed by atoms with Crippen LogP contribution in [0.2, 0.25) is 0 Å². The monoisotopic (exact) mass is 244 g/mol. The Labute approximate surface area is 103 Å². The van der Waals surface area contributed by atoms with Gasteiger partial charge in [-0.2, -0.15) is 0 Å². The van der Waals surface area contributed by atoms with E-state index < -0.39 is 0 Å². The van der Waals surface area contributed by atoms with Crippen molar-refractivity contribution in [3.8, 4) is 10.6 Å². The zero-order chi connectivity index (χ0) is 11.8. The lowest BCUT2D eigenvalue weighted by Gasteiger charge is -1.99. The number of nitrogens with two attached hydrogens (primary N) is 1. The first-order chi connectivity index (χ1) is 8.29. The Morgan fingerprint density at radius 2 is 2.29 bits per heavy atom. The van der Waals surface area contributed by atoms with Crippen molar-refractivity contribution in [2.75, 3.05) is 0 Å². The largest absolute Gasteiger partial charge is 0.464 e. The van der Waals surface area contributed by atoms with Crippen LogP contribution in [0.1, 0.15) is 11.3 Å². The summed E-state index contributed by atoms with van der Waals surface area (Å²) >= 11 is 1.62. The second kappa shape index (κ2) is 3.98. The van der Waals surface area contributed by atoms with Crippen LogP contribution >= 0.6 is 11.3 Å². The average molecular weight is 244 g/mol. The van der Waals surface area contributed by atoms with Crippen LogP contribution in [0.5, 0.6) is 0 Å². The van der Waals surface area contributed by atoms with Crippen LogP contribution in [0.4, 0.5) is 0 Å². The molecular formula is C13H12N2OS. The molecule has 0 aliphatic rings. The van der Waals surface area contributed by atoms with Gasteiger partial charge in [-0.05, 0) is 18.6 Å². The Morgan fingerprint density at radius 3 is 3.06 bits per heavy atom. The Balaban J connectivity index is 2.25. The highest BCUT2D eigenvalue weighted by molar-refractivity contribution is 7.13. The van der Waals surface area contributed by atoms with E-state index in [1.807, 2.05) is 24.4 Å². The molecule has 0 aliphatic heterocycles. The number of aryl methyl sites for hydroxylation is 1. The first-order valence-corrected chi connectivity index (χ1v) is 6.29. The van der Waals surface area contributed by atoms with Crippen molar-refractivity contribution >= 4 is 22.3 Å². The molecule has 1 aromatic carbocycles. The lowest BCUT2D eigenvalue weighted by Crippen LogP contribution is -1.95. The fraction of sp³-hybridized carbons (Fsp3) is 0.154. The van der Waals surface area contributed by atoms with Gasteiger partial charge in [-0.15, -0.1) is 11.3 Å². The van der Waals surface area contributed by atoms with Crippen LogP contribution in [0, 0.1) is 6.92 Å². The molecule has 17 heavy (non-hydrogen) atoms. The lowest BCUT2D eigenvalue weighted by atomic mass is 10.1. The highest BCUT2D eigenvalue weighted by atomic mass is 32.1. The fourth-order valence-corrected chi connectivity index (χ4v) is 2.81. The molecule has 0 amide bonds. The van der Waals surface area contributed by atoms with Crippen molar-refractivity contribution in [3.05, 3.63) is 41.1 Å².